The highest BCUT2D eigenvalue weighted by Crippen LogP contribution is 2.28. The van der Waals surface area contributed by atoms with Gasteiger partial charge in [0.2, 0.25) is 0 Å². The molecule has 0 saturated heterocycles. The highest BCUT2D eigenvalue weighted by atomic mass is 16.5. The van der Waals surface area contributed by atoms with Gasteiger partial charge in [0.15, 0.2) is 6.10 Å². The molecule has 0 fully saturated rings. The van der Waals surface area contributed by atoms with Gasteiger partial charge in [0.25, 0.3) is 5.91 Å². The van der Waals surface area contributed by atoms with Gasteiger partial charge in [-0.25, -0.2) is 0 Å². The minimum Gasteiger partial charge on any atom is -0.477 e. The number of aromatic nitrogens is 2. The molecular formula is C15H18N4O2. The van der Waals surface area contributed by atoms with Crippen LogP contribution in [0.1, 0.15) is 5.56 Å². The van der Waals surface area contributed by atoms with Crippen molar-refractivity contribution in [1.82, 2.24) is 15.1 Å². The molecule has 110 valence electrons. The van der Waals surface area contributed by atoms with E-state index in [1.54, 1.807) is 6.20 Å². The van der Waals surface area contributed by atoms with Crippen LogP contribution in [0.2, 0.25) is 0 Å². The highest BCUT2D eigenvalue weighted by Gasteiger charge is 2.25. The quantitative estimate of drug-likeness (QED) is 0.885. The largest absolute Gasteiger partial charge is 0.477 e. The molecular weight excluding hydrogens is 268 g/mol. The van der Waals surface area contributed by atoms with Crippen LogP contribution >= 0.6 is 0 Å². The standard InChI is InChI=1S/C15H18N4O2/c1-11-8-18-19(10-11)7-6-16-15(20)14-9-17-12-4-2-3-5-13(12)21-14/h2-5,8,10,14,17H,6-7,9H2,1H3,(H,16,20). The fourth-order valence-electron chi connectivity index (χ4n) is 2.26. The predicted molar refractivity (Wildman–Crippen MR) is 79.3 cm³/mol. The van der Waals surface area contributed by atoms with Crippen LogP contribution in [0.5, 0.6) is 5.75 Å². The van der Waals surface area contributed by atoms with E-state index in [0.29, 0.717) is 25.4 Å². The van der Waals surface area contributed by atoms with E-state index in [0.717, 1.165) is 11.3 Å². The van der Waals surface area contributed by atoms with Crippen molar-refractivity contribution in [2.24, 2.45) is 0 Å². The first-order valence-corrected chi connectivity index (χ1v) is 6.99. The van der Waals surface area contributed by atoms with Crippen molar-refractivity contribution in [3.05, 3.63) is 42.2 Å². The zero-order valence-corrected chi connectivity index (χ0v) is 11.9. The maximum absolute atomic E-state index is 12.1. The van der Waals surface area contributed by atoms with Crippen LogP contribution in [0.25, 0.3) is 0 Å². The van der Waals surface area contributed by atoms with Crippen LogP contribution in [-0.4, -0.2) is 34.9 Å². The Morgan fingerprint density at radius 2 is 2.38 bits per heavy atom. The molecule has 1 aromatic carbocycles. The predicted octanol–water partition coefficient (Wildman–Crippen LogP) is 1.18. The lowest BCUT2D eigenvalue weighted by molar-refractivity contribution is -0.127. The molecule has 1 unspecified atom stereocenters. The van der Waals surface area contributed by atoms with Crippen molar-refractivity contribution >= 4 is 11.6 Å². The van der Waals surface area contributed by atoms with Crippen molar-refractivity contribution in [2.45, 2.75) is 19.6 Å². The smallest absolute Gasteiger partial charge is 0.263 e. The fraction of sp³-hybridized carbons (Fsp3) is 0.333. The summed E-state index contributed by atoms with van der Waals surface area (Å²) in [6, 6.07) is 7.61. The summed E-state index contributed by atoms with van der Waals surface area (Å²) in [4.78, 5) is 12.1. The van der Waals surface area contributed by atoms with Gasteiger partial charge in [0.1, 0.15) is 5.75 Å². The summed E-state index contributed by atoms with van der Waals surface area (Å²) in [5.74, 6) is 0.604. The molecule has 1 aromatic heterocycles. The Balaban J connectivity index is 1.50. The summed E-state index contributed by atoms with van der Waals surface area (Å²) in [5, 5.41) is 10.3. The lowest BCUT2D eigenvalue weighted by Crippen LogP contribution is -2.45. The second-order valence-corrected chi connectivity index (χ2v) is 5.06. The highest BCUT2D eigenvalue weighted by molar-refractivity contribution is 5.83. The molecule has 1 atom stereocenters. The van der Waals surface area contributed by atoms with Gasteiger partial charge in [-0.3, -0.25) is 9.48 Å². The molecule has 2 aromatic rings. The number of aryl methyl sites for hydroxylation is 1. The van der Waals surface area contributed by atoms with E-state index >= 15 is 0 Å². The van der Waals surface area contributed by atoms with Crippen LogP contribution in [0.4, 0.5) is 5.69 Å². The number of hydrogen-bond donors (Lipinski definition) is 2. The average Bonchev–Trinajstić information content (AvgIpc) is 2.92. The van der Waals surface area contributed by atoms with Gasteiger partial charge in [0.05, 0.1) is 25.0 Å². The first-order valence-electron chi connectivity index (χ1n) is 6.99. The van der Waals surface area contributed by atoms with Crippen LogP contribution in [-0.2, 0) is 11.3 Å². The first-order chi connectivity index (χ1) is 10.2. The SMILES string of the molecule is Cc1cnn(CCNC(=O)C2CNc3ccccc3O2)c1. The van der Waals surface area contributed by atoms with Gasteiger partial charge >= 0.3 is 0 Å². The van der Waals surface area contributed by atoms with Gasteiger partial charge in [-0.2, -0.15) is 5.10 Å². The zero-order chi connectivity index (χ0) is 14.7. The van der Waals surface area contributed by atoms with Gasteiger partial charge in [-0.1, -0.05) is 12.1 Å². The summed E-state index contributed by atoms with van der Waals surface area (Å²) in [6.07, 6.45) is 3.24. The summed E-state index contributed by atoms with van der Waals surface area (Å²) < 4.78 is 7.51. The van der Waals surface area contributed by atoms with Crippen LogP contribution in [0, 0.1) is 6.92 Å². The molecule has 0 radical (unpaired) electrons. The number of benzene rings is 1. The van der Waals surface area contributed by atoms with Crippen molar-refractivity contribution in [3.8, 4) is 5.75 Å². The third-order valence-electron chi connectivity index (χ3n) is 3.33. The number of ether oxygens (including phenoxy) is 1. The van der Waals surface area contributed by atoms with Crippen molar-refractivity contribution in [2.75, 3.05) is 18.4 Å². The summed E-state index contributed by atoms with van der Waals surface area (Å²) in [7, 11) is 0. The van der Waals surface area contributed by atoms with E-state index in [2.05, 4.69) is 15.7 Å². The molecule has 3 rings (SSSR count). The molecule has 1 aliphatic rings. The molecule has 0 spiro atoms. The number of nitrogens with zero attached hydrogens (tertiary/aromatic N) is 2. The summed E-state index contributed by atoms with van der Waals surface area (Å²) in [6.45, 7) is 3.64. The maximum atomic E-state index is 12.1. The first kappa shape index (κ1) is 13.5. The Morgan fingerprint density at radius 3 is 3.19 bits per heavy atom. The molecule has 21 heavy (non-hydrogen) atoms. The van der Waals surface area contributed by atoms with Crippen LogP contribution in [0.15, 0.2) is 36.7 Å². The van der Waals surface area contributed by atoms with Gasteiger partial charge in [-0.15, -0.1) is 0 Å². The minimum atomic E-state index is -0.501. The van der Waals surface area contributed by atoms with Crippen LogP contribution < -0.4 is 15.4 Å². The van der Waals surface area contributed by atoms with Gasteiger partial charge in [0, 0.05) is 12.7 Å². The Labute approximate surface area is 123 Å². The Hall–Kier alpha value is -2.50. The number of nitrogens with one attached hydrogen (secondary N) is 2. The number of rotatable bonds is 4. The molecule has 0 bridgehead atoms. The van der Waals surface area contributed by atoms with Crippen molar-refractivity contribution in [3.63, 3.8) is 0 Å². The second kappa shape index (κ2) is 5.87. The second-order valence-electron chi connectivity index (χ2n) is 5.06. The van der Waals surface area contributed by atoms with Gasteiger partial charge in [-0.05, 0) is 24.6 Å². The molecule has 1 aliphatic heterocycles. The van der Waals surface area contributed by atoms with E-state index in [1.165, 1.54) is 0 Å². The molecule has 0 saturated carbocycles. The molecule has 6 heteroatoms. The third-order valence-corrected chi connectivity index (χ3v) is 3.33. The average molecular weight is 286 g/mol. The minimum absolute atomic E-state index is 0.110. The molecule has 0 aliphatic carbocycles. The number of para-hydroxylation sites is 2. The number of anilines is 1. The van der Waals surface area contributed by atoms with E-state index < -0.39 is 6.10 Å². The monoisotopic (exact) mass is 286 g/mol. The number of amides is 1. The topological polar surface area (TPSA) is 68.2 Å². The van der Waals surface area contributed by atoms with E-state index in [-0.39, 0.29) is 5.91 Å². The van der Waals surface area contributed by atoms with E-state index in [4.69, 9.17) is 4.74 Å². The van der Waals surface area contributed by atoms with Crippen molar-refractivity contribution in [1.29, 1.82) is 0 Å². The fourth-order valence-corrected chi connectivity index (χ4v) is 2.26. The number of hydrogen-bond acceptors (Lipinski definition) is 4. The Morgan fingerprint density at radius 1 is 1.52 bits per heavy atom. The summed E-state index contributed by atoms with van der Waals surface area (Å²) >= 11 is 0. The zero-order valence-electron chi connectivity index (χ0n) is 11.9. The molecule has 1 amide bonds. The third kappa shape index (κ3) is 3.16. The summed E-state index contributed by atoms with van der Waals surface area (Å²) in [5.41, 5.74) is 2.03. The molecule has 2 heterocycles. The number of carbonyl (C=O) groups is 1. The number of carbonyl (C=O) groups excluding carboxylic acids is 1. The Kier molecular flexibility index (Phi) is 3.77. The normalized spacial score (nSPS) is 16.5. The maximum Gasteiger partial charge on any atom is 0.263 e. The molecule has 2 N–H and O–H groups in total. The molecule has 6 nitrogen and oxygen atoms in total. The van der Waals surface area contributed by atoms with E-state index in [1.807, 2.05) is 42.1 Å². The Bertz CT molecular complexity index is 638. The lowest BCUT2D eigenvalue weighted by Gasteiger charge is -2.26. The van der Waals surface area contributed by atoms with Gasteiger partial charge < -0.3 is 15.4 Å². The number of fused-ring (bicyclic) bond motifs is 1. The van der Waals surface area contributed by atoms with Crippen LogP contribution in [0.3, 0.4) is 0 Å². The van der Waals surface area contributed by atoms with Crippen molar-refractivity contribution < 1.29 is 9.53 Å². The lowest BCUT2D eigenvalue weighted by atomic mass is 10.2. The van der Waals surface area contributed by atoms with E-state index in [9.17, 15) is 4.79 Å².